The molecule has 0 amide bonds. The summed E-state index contributed by atoms with van der Waals surface area (Å²) in [4.78, 5) is 22.2. The van der Waals surface area contributed by atoms with E-state index in [1.165, 1.54) is 12.1 Å². The molecule has 6 heteroatoms. The fourth-order valence-electron chi connectivity index (χ4n) is 2.64. The number of carbonyl (C=O) groups is 2. The van der Waals surface area contributed by atoms with Crippen LogP contribution in [0.15, 0.2) is 84.9 Å². The number of carboxylic acids is 1. The molecular weight excluding hydrogens is 384 g/mol. The van der Waals surface area contributed by atoms with Crippen LogP contribution in [0.3, 0.4) is 0 Å². The predicted molar refractivity (Wildman–Crippen MR) is 111 cm³/mol. The highest BCUT2D eigenvalue weighted by atomic mass is 16.5. The maximum absolute atomic E-state index is 11.4. The van der Waals surface area contributed by atoms with E-state index in [0.29, 0.717) is 30.8 Å². The Kier molecular flexibility index (Phi) is 6.84. The van der Waals surface area contributed by atoms with Gasteiger partial charge in [-0.1, -0.05) is 60.7 Å². The molecule has 0 saturated carbocycles. The molecule has 30 heavy (non-hydrogen) atoms. The Balaban J connectivity index is 1.84. The summed E-state index contributed by atoms with van der Waals surface area (Å²) in [5.41, 5.74) is 2.11. The molecule has 0 heterocycles. The fourth-order valence-corrected chi connectivity index (χ4v) is 2.64. The molecule has 0 aliphatic heterocycles. The van der Waals surface area contributed by atoms with Gasteiger partial charge in [-0.15, -0.1) is 0 Å². The zero-order chi connectivity index (χ0) is 21.3. The summed E-state index contributed by atoms with van der Waals surface area (Å²) in [5.74, 6) is -2.56. The van der Waals surface area contributed by atoms with Crippen LogP contribution in [0.4, 0.5) is 0 Å². The van der Waals surface area contributed by atoms with Crippen molar-refractivity contribution in [1.29, 1.82) is 0 Å². The largest absolute Gasteiger partial charge is 0.507 e. The molecule has 0 aromatic heterocycles. The standard InChI is InChI=1S/C24H20O6/c25-22(14-23(26)24(27)28)19-11-20(29-15-17-7-3-1-4-8-17)13-21(12-19)30-16-18-9-5-2-6-10-18/h1-14,25H,15-16H2,(H,27,28)/b22-14+. The molecule has 0 saturated heterocycles. The van der Waals surface area contributed by atoms with Crippen LogP contribution in [0.2, 0.25) is 0 Å². The highest BCUT2D eigenvalue weighted by molar-refractivity contribution is 6.38. The van der Waals surface area contributed by atoms with Gasteiger partial charge < -0.3 is 19.7 Å². The summed E-state index contributed by atoms with van der Waals surface area (Å²) in [6.45, 7) is 0.585. The smallest absolute Gasteiger partial charge is 0.376 e. The molecule has 0 aliphatic rings. The Labute approximate surface area is 173 Å². The summed E-state index contributed by atoms with van der Waals surface area (Å²) in [5, 5.41) is 19.0. The molecule has 0 radical (unpaired) electrons. The summed E-state index contributed by atoms with van der Waals surface area (Å²) in [6, 6.07) is 23.8. The van der Waals surface area contributed by atoms with Crippen LogP contribution in [0.25, 0.3) is 5.76 Å². The van der Waals surface area contributed by atoms with E-state index in [9.17, 15) is 14.7 Å². The Morgan fingerprint density at radius 1 is 0.733 bits per heavy atom. The minimum Gasteiger partial charge on any atom is -0.507 e. The van der Waals surface area contributed by atoms with Crippen LogP contribution in [-0.4, -0.2) is 22.0 Å². The maximum Gasteiger partial charge on any atom is 0.376 e. The van der Waals surface area contributed by atoms with Gasteiger partial charge in [0.25, 0.3) is 5.78 Å². The molecule has 3 aromatic carbocycles. The second kappa shape index (κ2) is 9.93. The van der Waals surface area contributed by atoms with Gasteiger partial charge in [0.1, 0.15) is 30.5 Å². The quantitative estimate of drug-likeness (QED) is 0.312. The molecule has 0 aliphatic carbocycles. The number of hydrogen-bond acceptors (Lipinski definition) is 5. The molecule has 2 N–H and O–H groups in total. The van der Waals surface area contributed by atoms with Crippen LogP contribution in [0.5, 0.6) is 11.5 Å². The summed E-state index contributed by atoms with van der Waals surface area (Å²) >= 11 is 0. The number of rotatable bonds is 9. The number of aliphatic hydroxyl groups is 1. The molecule has 152 valence electrons. The maximum atomic E-state index is 11.4. The Bertz CT molecular complexity index is 980. The van der Waals surface area contributed by atoms with Gasteiger partial charge in [-0.2, -0.15) is 0 Å². The summed E-state index contributed by atoms with van der Waals surface area (Å²) in [6.07, 6.45) is 0.652. The third kappa shape index (κ3) is 5.97. The Hall–Kier alpha value is -4.06. The second-order valence-corrected chi connectivity index (χ2v) is 6.44. The van der Waals surface area contributed by atoms with Crippen molar-refractivity contribution in [1.82, 2.24) is 0 Å². The third-order valence-corrected chi connectivity index (χ3v) is 4.15. The van der Waals surface area contributed by atoms with Gasteiger partial charge in [-0.05, 0) is 23.3 Å². The van der Waals surface area contributed by atoms with E-state index in [1.807, 2.05) is 60.7 Å². The topological polar surface area (TPSA) is 93.1 Å². The normalized spacial score (nSPS) is 11.0. The number of benzene rings is 3. The molecule has 0 bridgehead atoms. The molecule has 6 nitrogen and oxygen atoms in total. The second-order valence-electron chi connectivity index (χ2n) is 6.44. The van der Waals surface area contributed by atoms with Crippen molar-refractivity contribution >= 4 is 17.5 Å². The highest BCUT2D eigenvalue weighted by Crippen LogP contribution is 2.28. The minimum absolute atomic E-state index is 0.207. The van der Waals surface area contributed by atoms with Crippen LogP contribution in [-0.2, 0) is 22.8 Å². The van der Waals surface area contributed by atoms with Crippen LogP contribution in [0, 0.1) is 0 Å². The summed E-state index contributed by atoms with van der Waals surface area (Å²) in [7, 11) is 0. The first-order valence-electron chi connectivity index (χ1n) is 9.18. The van der Waals surface area contributed by atoms with Crippen molar-refractivity contribution in [2.24, 2.45) is 0 Å². The number of carboxylic acid groups (broad SMARTS) is 1. The van der Waals surface area contributed by atoms with Gasteiger partial charge in [0, 0.05) is 17.7 Å². The van der Waals surface area contributed by atoms with Gasteiger partial charge >= 0.3 is 5.97 Å². The average Bonchev–Trinajstić information content (AvgIpc) is 2.77. The van der Waals surface area contributed by atoms with Gasteiger partial charge in [-0.3, -0.25) is 4.79 Å². The Morgan fingerprint density at radius 3 is 1.63 bits per heavy atom. The van der Waals surface area contributed by atoms with E-state index in [4.69, 9.17) is 14.6 Å². The molecule has 3 aromatic rings. The van der Waals surface area contributed by atoms with E-state index < -0.39 is 17.5 Å². The van der Waals surface area contributed by atoms with Crippen LogP contribution in [0.1, 0.15) is 16.7 Å². The van der Waals surface area contributed by atoms with Crippen molar-refractivity contribution in [2.75, 3.05) is 0 Å². The van der Waals surface area contributed by atoms with Gasteiger partial charge in [0.05, 0.1) is 0 Å². The lowest BCUT2D eigenvalue weighted by Gasteiger charge is -2.12. The lowest BCUT2D eigenvalue weighted by atomic mass is 10.1. The number of ether oxygens (including phenoxy) is 2. The van der Waals surface area contributed by atoms with E-state index in [1.54, 1.807) is 6.07 Å². The fraction of sp³-hybridized carbons (Fsp3) is 0.0833. The monoisotopic (exact) mass is 404 g/mol. The van der Waals surface area contributed by atoms with Crippen LogP contribution >= 0.6 is 0 Å². The highest BCUT2D eigenvalue weighted by Gasteiger charge is 2.13. The molecule has 0 fully saturated rings. The number of ketones is 1. The Morgan fingerprint density at radius 2 is 1.20 bits per heavy atom. The summed E-state index contributed by atoms with van der Waals surface area (Å²) < 4.78 is 11.6. The molecule has 3 rings (SSSR count). The van der Waals surface area contributed by atoms with Crippen molar-refractivity contribution in [3.05, 3.63) is 102 Å². The van der Waals surface area contributed by atoms with Crippen molar-refractivity contribution in [3.8, 4) is 11.5 Å². The first-order chi connectivity index (χ1) is 14.5. The zero-order valence-corrected chi connectivity index (χ0v) is 16.0. The average molecular weight is 404 g/mol. The number of hydrogen-bond donors (Lipinski definition) is 2. The first-order valence-corrected chi connectivity index (χ1v) is 9.18. The zero-order valence-electron chi connectivity index (χ0n) is 16.0. The van der Waals surface area contributed by atoms with E-state index in [0.717, 1.165) is 11.1 Å². The van der Waals surface area contributed by atoms with E-state index in [-0.39, 0.29) is 5.56 Å². The van der Waals surface area contributed by atoms with E-state index in [2.05, 4.69) is 0 Å². The minimum atomic E-state index is -1.65. The van der Waals surface area contributed by atoms with Crippen molar-refractivity contribution in [3.63, 3.8) is 0 Å². The van der Waals surface area contributed by atoms with Crippen molar-refractivity contribution < 1.29 is 29.3 Å². The SMILES string of the molecule is O=C(O)C(=O)/C=C(/O)c1cc(OCc2ccccc2)cc(OCc2ccccc2)c1. The molecular formula is C24H20O6. The van der Waals surface area contributed by atoms with Crippen molar-refractivity contribution in [2.45, 2.75) is 13.2 Å². The molecule has 0 spiro atoms. The lowest BCUT2D eigenvalue weighted by molar-refractivity contribution is -0.146. The molecule has 0 unspecified atom stereocenters. The van der Waals surface area contributed by atoms with E-state index >= 15 is 0 Å². The van der Waals surface area contributed by atoms with Gasteiger partial charge in [-0.25, -0.2) is 4.79 Å². The first kappa shape index (κ1) is 20.7. The lowest BCUT2D eigenvalue weighted by Crippen LogP contribution is -2.09. The van der Waals surface area contributed by atoms with Gasteiger partial charge in [0.15, 0.2) is 0 Å². The number of aliphatic carboxylic acids is 1. The predicted octanol–water partition coefficient (Wildman–Crippen LogP) is 4.40. The van der Waals surface area contributed by atoms with Crippen LogP contribution < -0.4 is 9.47 Å². The number of carbonyl (C=O) groups excluding carboxylic acids is 1. The number of aliphatic hydroxyl groups excluding tert-OH is 1. The third-order valence-electron chi connectivity index (χ3n) is 4.15. The van der Waals surface area contributed by atoms with Gasteiger partial charge in [0.2, 0.25) is 0 Å². The molecule has 0 atom stereocenters.